The van der Waals surface area contributed by atoms with E-state index in [9.17, 15) is 4.79 Å². The largest absolute Gasteiger partial charge is 0.361 e. The summed E-state index contributed by atoms with van der Waals surface area (Å²) in [5, 5.41) is 16.4. The van der Waals surface area contributed by atoms with E-state index in [1.54, 1.807) is 0 Å². The van der Waals surface area contributed by atoms with Crippen molar-refractivity contribution in [3.63, 3.8) is 0 Å². The van der Waals surface area contributed by atoms with Crippen molar-refractivity contribution in [2.75, 3.05) is 11.1 Å². The van der Waals surface area contributed by atoms with E-state index >= 15 is 0 Å². The quantitative estimate of drug-likeness (QED) is 0.691. The number of amides is 1. The SMILES string of the molecule is CCCCCc1nnc(NC(=O)CSCc2c(C)noc2C)s1. The Morgan fingerprint density at radius 1 is 1.30 bits per heavy atom. The molecule has 0 aliphatic rings. The van der Waals surface area contributed by atoms with Crippen LogP contribution in [-0.4, -0.2) is 27.0 Å². The molecule has 0 atom stereocenters. The molecule has 0 saturated heterocycles. The summed E-state index contributed by atoms with van der Waals surface area (Å²) in [5.74, 6) is 1.84. The Bertz CT molecular complexity index is 620. The summed E-state index contributed by atoms with van der Waals surface area (Å²) in [4.78, 5) is 11.9. The summed E-state index contributed by atoms with van der Waals surface area (Å²) in [6, 6.07) is 0. The Kier molecular flexibility index (Phi) is 7.04. The molecule has 0 aliphatic carbocycles. The van der Waals surface area contributed by atoms with Crippen LogP contribution in [0.2, 0.25) is 0 Å². The molecule has 8 heteroatoms. The van der Waals surface area contributed by atoms with Crippen LogP contribution in [0.4, 0.5) is 5.13 Å². The molecule has 2 rings (SSSR count). The number of anilines is 1. The van der Waals surface area contributed by atoms with E-state index in [1.165, 1.54) is 35.9 Å². The molecule has 0 bridgehead atoms. The molecule has 0 aliphatic heterocycles. The summed E-state index contributed by atoms with van der Waals surface area (Å²) in [5.41, 5.74) is 1.95. The van der Waals surface area contributed by atoms with Crippen LogP contribution in [0, 0.1) is 13.8 Å². The van der Waals surface area contributed by atoms with Crippen LogP contribution in [0.1, 0.15) is 48.2 Å². The van der Waals surface area contributed by atoms with Crippen LogP contribution in [0.15, 0.2) is 4.52 Å². The van der Waals surface area contributed by atoms with Crippen molar-refractivity contribution in [2.24, 2.45) is 0 Å². The number of unbranched alkanes of at least 4 members (excludes halogenated alkanes) is 2. The maximum absolute atomic E-state index is 11.9. The summed E-state index contributed by atoms with van der Waals surface area (Å²) in [6.07, 6.45) is 4.43. The molecule has 0 saturated carbocycles. The van der Waals surface area contributed by atoms with Crippen molar-refractivity contribution in [3.05, 3.63) is 22.0 Å². The fourth-order valence-corrected chi connectivity index (χ4v) is 3.81. The van der Waals surface area contributed by atoms with Gasteiger partial charge in [0.2, 0.25) is 11.0 Å². The first-order chi connectivity index (χ1) is 11.1. The molecule has 6 nitrogen and oxygen atoms in total. The second kappa shape index (κ2) is 9.02. The van der Waals surface area contributed by atoms with Crippen molar-refractivity contribution in [3.8, 4) is 0 Å². The third kappa shape index (κ3) is 5.62. The van der Waals surface area contributed by atoms with Gasteiger partial charge >= 0.3 is 0 Å². The van der Waals surface area contributed by atoms with Gasteiger partial charge < -0.3 is 4.52 Å². The van der Waals surface area contributed by atoms with Crippen LogP contribution in [0.3, 0.4) is 0 Å². The first-order valence-corrected chi connectivity index (χ1v) is 9.69. The smallest absolute Gasteiger partial charge is 0.236 e. The Hall–Kier alpha value is -1.41. The second-order valence-corrected chi connectivity index (χ2v) is 7.35. The van der Waals surface area contributed by atoms with Crippen LogP contribution >= 0.6 is 23.1 Å². The Morgan fingerprint density at radius 2 is 2.13 bits per heavy atom. The molecule has 0 radical (unpaired) electrons. The third-order valence-electron chi connectivity index (χ3n) is 3.37. The molecular formula is C15H22N4O2S2. The van der Waals surface area contributed by atoms with Crippen molar-refractivity contribution < 1.29 is 9.32 Å². The van der Waals surface area contributed by atoms with Gasteiger partial charge in [-0.25, -0.2) is 0 Å². The average Bonchev–Trinajstić information content (AvgIpc) is 3.08. The van der Waals surface area contributed by atoms with E-state index in [4.69, 9.17) is 4.52 Å². The standard InChI is InChI=1S/C15H22N4O2S2/c1-4-5-6-7-14-17-18-15(23-14)16-13(20)9-22-8-12-10(2)19-21-11(12)3/h4-9H2,1-3H3,(H,16,18,20). The van der Waals surface area contributed by atoms with Crippen LogP contribution < -0.4 is 5.32 Å². The van der Waals surface area contributed by atoms with E-state index in [0.29, 0.717) is 16.6 Å². The molecular weight excluding hydrogens is 332 g/mol. The number of hydrogen-bond acceptors (Lipinski definition) is 7. The number of hydrogen-bond donors (Lipinski definition) is 1. The van der Waals surface area contributed by atoms with Gasteiger partial charge in [0.1, 0.15) is 10.8 Å². The lowest BCUT2D eigenvalue weighted by Gasteiger charge is -2.01. The topological polar surface area (TPSA) is 80.9 Å². The van der Waals surface area contributed by atoms with Gasteiger partial charge in [0.25, 0.3) is 0 Å². The molecule has 0 aromatic carbocycles. The second-order valence-electron chi connectivity index (χ2n) is 5.30. The number of rotatable bonds is 9. The van der Waals surface area contributed by atoms with E-state index in [0.717, 1.165) is 34.9 Å². The van der Waals surface area contributed by atoms with Crippen LogP contribution in [0.5, 0.6) is 0 Å². The third-order valence-corrected chi connectivity index (χ3v) is 5.23. The molecule has 23 heavy (non-hydrogen) atoms. The van der Waals surface area contributed by atoms with E-state index < -0.39 is 0 Å². The lowest BCUT2D eigenvalue weighted by molar-refractivity contribution is -0.113. The summed E-state index contributed by atoms with van der Waals surface area (Å²) in [6.45, 7) is 5.97. The molecule has 2 aromatic heterocycles. The van der Waals surface area contributed by atoms with Crippen molar-refractivity contribution in [1.82, 2.24) is 15.4 Å². The first kappa shape index (κ1) is 17.9. The van der Waals surface area contributed by atoms with Crippen molar-refractivity contribution in [2.45, 2.75) is 52.2 Å². The zero-order valence-corrected chi connectivity index (χ0v) is 15.4. The summed E-state index contributed by atoms with van der Waals surface area (Å²) >= 11 is 2.99. The molecule has 1 N–H and O–H groups in total. The number of carbonyl (C=O) groups excluding carboxylic acids is 1. The predicted octanol–water partition coefficient (Wildman–Crippen LogP) is 3.75. The zero-order valence-electron chi connectivity index (χ0n) is 13.7. The Labute approximate surface area is 144 Å². The fraction of sp³-hybridized carbons (Fsp3) is 0.600. The lowest BCUT2D eigenvalue weighted by atomic mass is 10.2. The van der Waals surface area contributed by atoms with Gasteiger partial charge in [0.15, 0.2) is 0 Å². The van der Waals surface area contributed by atoms with E-state index in [1.807, 2.05) is 13.8 Å². The molecule has 126 valence electrons. The zero-order chi connectivity index (χ0) is 16.7. The molecule has 1 amide bonds. The molecule has 0 spiro atoms. The number of nitrogens with zero attached hydrogens (tertiary/aromatic N) is 3. The van der Waals surface area contributed by atoms with Gasteiger partial charge in [-0.05, 0) is 20.3 Å². The monoisotopic (exact) mass is 354 g/mol. The van der Waals surface area contributed by atoms with Crippen LogP contribution in [-0.2, 0) is 17.0 Å². The number of carbonyl (C=O) groups is 1. The minimum atomic E-state index is -0.0574. The minimum Gasteiger partial charge on any atom is -0.361 e. The predicted molar refractivity (Wildman–Crippen MR) is 93.9 cm³/mol. The van der Waals surface area contributed by atoms with Gasteiger partial charge in [-0.1, -0.05) is 36.3 Å². The van der Waals surface area contributed by atoms with Crippen molar-refractivity contribution >= 4 is 34.1 Å². The highest BCUT2D eigenvalue weighted by Crippen LogP contribution is 2.21. The molecule has 0 unspecified atom stereocenters. The number of aryl methyl sites for hydroxylation is 3. The molecule has 2 heterocycles. The van der Waals surface area contributed by atoms with E-state index in [-0.39, 0.29) is 5.91 Å². The highest BCUT2D eigenvalue weighted by molar-refractivity contribution is 7.99. The van der Waals surface area contributed by atoms with Gasteiger partial charge in [0.05, 0.1) is 11.4 Å². The van der Waals surface area contributed by atoms with Gasteiger partial charge in [0, 0.05) is 17.7 Å². The fourth-order valence-electron chi connectivity index (χ4n) is 2.04. The van der Waals surface area contributed by atoms with Gasteiger partial charge in [-0.3, -0.25) is 10.1 Å². The lowest BCUT2D eigenvalue weighted by Crippen LogP contribution is -2.14. The minimum absolute atomic E-state index is 0.0574. The molecule has 2 aromatic rings. The highest BCUT2D eigenvalue weighted by Gasteiger charge is 2.11. The first-order valence-electron chi connectivity index (χ1n) is 7.72. The highest BCUT2D eigenvalue weighted by atomic mass is 32.2. The number of aromatic nitrogens is 3. The Morgan fingerprint density at radius 3 is 2.83 bits per heavy atom. The number of thioether (sulfide) groups is 1. The Balaban J connectivity index is 1.72. The maximum atomic E-state index is 11.9. The summed E-state index contributed by atoms with van der Waals surface area (Å²) in [7, 11) is 0. The van der Waals surface area contributed by atoms with E-state index in [2.05, 4.69) is 27.6 Å². The molecule has 0 fully saturated rings. The average molecular weight is 355 g/mol. The number of nitrogens with one attached hydrogen (secondary N) is 1. The van der Waals surface area contributed by atoms with Gasteiger partial charge in [-0.2, -0.15) is 0 Å². The van der Waals surface area contributed by atoms with Crippen molar-refractivity contribution in [1.29, 1.82) is 0 Å². The van der Waals surface area contributed by atoms with Gasteiger partial charge in [-0.15, -0.1) is 22.0 Å². The van der Waals surface area contributed by atoms with Crippen LogP contribution in [0.25, 0.3) is 0 Å². The maximum Gasteiger partial charge on any atom is 0.236 e. The summed E-state index contributed by atoms with van der Waals surface area (Å²) < 4.78 is 5.11. The normalized spacial score (nSPS) is 10.9.